The Hall–Kier alpha value is -1.62. The van der Waals surface area contributed by atoms with Crippen molar-refractivity contribution < 1.29 is 4.74 Å². The Kier molecular flexibility index (Phi) is 4.15. The Morgan fingerprint density at radius 3 is 2.61 bits per heavy atom. The number of ether oxygens (including phenoxy) is 1. The molecule has 0 aliphatic rings. The number of rotatable bonds is 4. The molecule has 1 unspecified atom stereocenters. The molecule has 0 saturated heterocycles. The molecule has 1 heterocycles. The van der Waals surface area contributed by atoms with Crippen molar-refractivity contribution in [3.8, 4) is 5.75 Å². The number of benzene rings is 1. The van der Waals surface area contributed by atoms with Crippen LogP contribution in [0.5, 0.6) is 5.75 Å². The second kappa shape index (κ2) is 5.82. The Labute approximate surface area is 111 Å². The summed E-state index contributed by atoms with van der Waals surface area (Å²) in [6.45, 7) is 0. The van der Waals surface area contributed by atoms with E-state index in [0.29, 0.717) is 10.8 Å². The summed E-state index contributed by atoms with van der Waals surface area (Å²) in [6.07, 6.45) is 1.71. The van der Waals surface area contributed by atoms with Crippen LogP contribution in [0.4, 0.5) is 0 Å². The number of pyridine rings is 1. The third-order valence-corrected chi connectivity index (χ3v) is 2.92. The predicted molar refractivity (Wildman–Crippen MR) is 71.4 cm³/mol. The molecule has 94 valence electrons. The summed E-state index contributed by atoms with van der Waals surface area (Å²) in [4.78, 5) is 4.32. The van der Waals surface area contributed by atoms with Crippen LogP contribution in [0.25, 0.3) is 0 Å². The number of hydrogen-bond acceptors (Lipinski definition) is 4. The zero-order chi connectivity index (χ0) is 13.0. The molecule has 0 radical (unpaired) electrons. The average molecular weight is 264 g/mol. The molecule has 1 aromatic carbocycles. The summed E-state index contributed by atoms with van der Waals surface area (Å²) in [6, 6.07) is 10.9. The molecule has 4 nitrogen and oxygen atoms in total. The number of nitrogens with one attached hydrogen (secondary N) is 1. The first-order valence-electron chi connectivity index (χ1n) is 5.46. The van der Waals surface area contributed by atoms with Crippen molar-refractivity contribution in [2.75, 3.05) is 7.11 Å². The molecule has 0 bridgehead atoms. The standard InChI is InChI=1S/C13H14ClN3O/c1-18-11-3-2-8-16-13(11)12(17-15)9-4-6-10(14)7-5-9/h2-8,12,17H,15H2,1H3. The largest absolute Gasteiger partial charge is 0.495 e. The van der Waals surface area contributed by atoms with E-state index in [9.17, 15) is 0 Å². The number of hydrazine groups is 1. The van der Waals surface area contributed by atoms with Crippen LogP contribution in [-0.2, 0) is 0 Å². The van der Waals surface area contributed by atoms with Gasteiger partial charge in [-0.25, -0.2) is 5.43 Å². The zero-order valence-corrected chi connectivity index (χ0v) is 10.7. The molecule has 2 rings (SSSR count). The van der Waals surface area contributed by atoms with E-state index in [-0.39, 0.29) is 6.04 Å². The quantitative estimate of drug-likeness (QED) is 0.656. The molecule has 1 aromatic heterocycles. The average Bonchev–Trinajstić information content (AvgIpc) is 2.42. The third kappa shape index (κ3) is 2.61. The van der Waals surface area contributed by atoms with Crippen molar-refractivity contribution in [1.29, 1.82) is 0 Å². The normalized spacial score (nSPS) is 12.2. The maximum absolute atomic E-state index is 5.87. The summed E-state index contributed by atoms with van der Waals surface area (Å²) in [7, 11) is 1.61. The van der Waals surface area contributed by atoms with Crippen molar-refractivity contribution in [2.24, 2.45) is 5.84 Å². The first-order valence-corrected chi connectivity index (χ1v) is 5.84. The van der Waals surface area contributed by atoms with Gasteiger partial charge in [0.2, 0.25) is 0 Å². The van der Waals surface area contributed by atoms with E-state index in [4.69, 9.17) is 22.2 Å². The first kappa shape index (κ1) is 12.8. The maximum atomic E-state index is 5.87. The van der Waals surface area contributed by atoms with Gasteiger partial charge >= 0.3 is 0 Å². The molecule has 0 fully saturated rings. The summed E-state index contributed by atoms with van der Waals surface area (Å²) in [5.74, 6) is 6.31. The fourth-order valence-corrected chi connectivity index (χ4v) is 1.91. The highest BCUT2D eigenvalue weighted by Crippen LogP contribution is 2.27. The molecule has 5 heteroatoms. The molecule has 3 N–H and O–H groups in total. The molecule has 0 aliphatic carbocycles. The van der Waals surface area contributed by atoms with Gasteiger partial charge in [-0.2, -0.15) is 0 Å². The Balaban J connectivity index is 2.41. The molecule has 18 heavy (non-hydrogen) atoms. The van der Waals surface area contributed by atoms with Gasteiger partial charge in [-0.3, -0.25) is 10.8 Å². The summed E-state index contributed by atoms with van der Waals surface area (Å²) in [5, 5.41) is 0.683. The van der Waals surface area contributed by atoms with Crippen molar-refractivity contribution >= 4 is 11.6 Å². The Morgan fingerprint density at radius 2 is 2.00 bits per heavy atom. The highest BCUT2D eigenvalue weighted by Gasteiger charge is 2.17. The number of aromatic nitrogens is 1. The van der Waals surface area contributed by atoms with E-state index in [1.54, 1.807) is 13.3 Å². The van der Waals surface area contributed by atoms with Crippen molar-refractivity contribution in [1.82, 2.24) is 10.4 Å². The van der Waals surface area contributed by atoms with Gasteiger partial charge in [-0.05, 0) is 29.8 Å². The molecule has 0 aliphatic heterocycles. The lowest BCUT2D eigenvalue weighted by molar-refractivity contribution is 0.400. The van der Waals surface area contributed by atoms with Crippen LogP contribution in [0.2, 0.25) is 5.02 Å². The topological polar surface area (TPSA) is 60.2 Å². The van der Waals surface area contributed by atoms with Crippen LogP contribution in [0, 0.1) is 0 Å². The predicted octanol–water partition coefficient (Wildman–Crippen LogP) is 2.30. The van der Waals surface area contributed by atoms with Crippen molar-refractivity contribution in [3.05, 3.63) is 58.9 Å². The second-order valence-electron chi connectivity index (χ2n) is 3.74. The minimum absolute atomic E-state index is 0.238. The SMILES string of the molecule is COc1cccnc1C(NN)c1ccc(Cl)cc1. The highest BCUT2D eigenvalue weighted by atomic mass is 35.5. The number of nitrogens with two attached hydrogens (primary N) is 1. The van der Waals surface area contributed by atoms with E-state index < -0.39 is 0 Å². The smallest absolute Gasteiger partial charge is 0.142 e. The van der Waals surface area contributed by atoms with Crippen LogP contribution >= 0.6 is 11.6 Å². The van der Waals surface area contributed by atoms with E-state index in [2.05, 4.69) is 10.4 Å². The van der Waals surface area contributed by atoms with Crippen LogP contribution in [0.3, 0.4) is 0 Å². The lowest BCUT2D eigenvalue weighted by Gasteiger charge is -2.18. The molecule has 0 spiro atoms. The molecule has 0 saturated carbocycles. The van der Waals surface area contributed by atoms with Gasteiger partial charge in [0, 0.05) is 11.2 Å². The van der Waals surface area contributed by atoms with E-state index in [0.717, 1.165) is 11.3 Å². The van der Waals surface area contributed by atoms with E-state index in [1.807, 2.05) is 36.4 Å². The van der Waals surface area contributed by atoms with Gasteiger partial charge in [0.15, 0.2) is 0 Å². The lowest BCUT2D eigenvalue weighted by Crippen LogP contribution is -2.29. The Bertz CT molecular complexity index is 516. The van der Waals surface area contributed by atoms with Gasteiger partial charge in [-0.15, -0.1) is 0 Å². The molecular formula is C13H14ClN3O. The maximum Gasteiger partial charge on any atom is 0.142 e. The molecule has 0 amide bonds. The summed E-state index contributed by atoms with van der Waals surface area (Å²) < 4.78 is 5.29. The van der Waals surface area contributed by atoms with Gasteiger partial charge in [0.05, 0.1) is 13.2 Å². The minimum atomic E-state index is -0.238. The fraction of sp³-hybridized carbons (Fsp3) is 0.154. The van der Waals surface area contributed by atoms with E-state index >= 15 is 0 Å². The highest BCUT2D eigenvalue weighted by molar-refractivity contribution is 6.30. The van der Waals surface area contributed by atoms with Crippen LogP contribution in [0.1, 0.15) is 17.3 Å². The summed E-state index contributed by atoms with van der Waals surface area (Å²) >= 11 is 5.87. The minimum Gasteiger partial charge on any atom is -0.495 e. The number of nitrogens with zero attached hydrogens (tertiary/aromatic N) is 1. The fourth-order valence-electron chi connectivity index (χ4n) is 1.78. The zero-order valence-electron chi connectivity index (χ0n) is 9.93. The van der Waals surface area contributed by atoms with Crippen LogP contribution < -0.4 is 16.0 Å². The lowest BCUT2D eigenvalue weighted by atomic mass is 10.0. The number of hydrogen-bond donors (Lipinski definition) is 2. The van der Waals surface area contributed by atoms with Crippen LogP contribution in [-0.4, -0.2) is 12.1 Å². The van der Waals surface area contributed by atoms with Crippen molar-refractivity contribution in [2.45, 2.75) is 6.04 Å². The van der Waals surface area contributed by atoms with Gasteiger partial charge in [0.25, 0.3) is 0 Å². The summed E-state index contributed by atoms with van der Waals surface area (Å²) in [5.41, 5.74) is 4.46. The van der Waals surface area contributed by atoms with E-state index in [1.165, 1.54) is 0 Å². The van der Waals surface area contributed by atoms with Gasteiger partial charge < -0.3 is 4.74 Å². The first-order chi connectivity index (χ1) is 8.76. The monoisotopic (exact) mass is 263 g/mol. The second-order valence-corrected chi connectivity index (χ2v) is 4.18. The van der Waals surface area contributed by atoms with Crippen molar-refractivity contribution in [3.63, 3.8) is 0 Å². The molecular weight excluding hydrogens is 250 g/mol. The third-order valence-electron chi connectivity index (χ3n) is 2.66. The molecule has 1 atom stereocenters. The van der Waals surface area contributed by atoms with Gasteiger partial charge in [0.1, 0.15) is 11.4 Å². The van der Waals surface area contributed by atoms with Gasteiger partial charge in [-0.1, -0.05) is 23.7 Å². The number of methoxy groups -OCH3 is 1. The number of halogens is 1. The molecule has 2 aromatic rings. The Morgan fingerprint density at radius 1 is 1.28 bits per heavy atom. The van der Waals surface area contributed by atoms with Crippen LogP contribution in [0.15, 0.2) is 42.6 Å².